The normalized spacial score (nSPS) is 11.8. The molecule has 0 amide bonds. The second kappa shape index (κ2) is 14.6. The molecule has 162 valence electrons. The molecule has 0 fully saturated rings. The van der Waals surface area contributed by atoms with E-state index in [2.05, 4.69) is 62.5 Å². The molecule has 1 N–H and O–H groups in total. The van der Waals surface area contributed by atoms with Crippen molar-refractivity contribution < 1.29 is 9.47 Å². The second-order valence-electron chi connectivity index (χ2n) is 7.31. The summed E-state index contributed by atoms with van der Waals surface area (Å²) in [5.74, 6) is 2.75. The van der Waals surface area contributed by atoms with Crippen LogP contribution in [-0.4, -0.2) is 37.3 Å². The molecule has 3 nitrogen and oxygen atoms in total. The number of hydrogen-bond donors (Lipinski definition) is 1. The molecule has 0 bridgehead atoms. The molecule has 2 rings (SSSR count). The highest BCUT2D eigenvalue weighted by atomic mass is 35.5. The topological polar surface area (TPSA) is 30.5 Å². The Balaban J connectivity index is 0.00000420. The van der Waals surface area contributed by atoms with E-state index in [0.29, 0.717) is 17.9 Å². The van der Waals surface area contributed by atoms with Crippen LogP contribution in [0, 0.1) is 0 Å². The minimum Gasteiger partial charge on any atom is -0.493 e. The first-order chi connectivity index (χ1) is 13.6. The summed E-state index contributed by atoms with van der Waals surface area (Å²) in [4.78, 5) is 0. The molecule has 1 atom stereocenters. The number of nitrogens with one attached hydrogen (secondary N) is 1. The Hall–Kier alpha value is -1.36. The number of benzene rings is 2. The van der Waals surface area contributed by atoms with Crippen LogP contribution < -0.4 is 14.8 Å². The number of hydrogen-bond acceptors (Lipinski definition) is 4. The van der Waals surface area contributed by atoms with Crippen LogP contribution in [0.3, 0.4) is 0 Å². The maximum absolute atomic E-state index is 6.08. The minimum absolute atomic E-state index is 0. The SMILES string of the molecule is CCCNC(CSC(C)C)Cc1ccc(OC)c(OCCc2ccccc2)c1.Cl. The standard InChI is InChI=1S/C24H35NO2S.ClH/c1-5-14-25-22(18-28-19(2)3)16-21-11-12-23(26-4)24(17-21)27-15-13-20-9-7-6-8-10-20;/h6-12,17,19,22,25H,5,13-16,18H2,1-4H3;1H. The van der Waals surface area contributed by atoms with Gasteiger partial charge in [0.1, 0.15) is 0 Å². The lowest BCUT2D eigenvalue weighted by Crippen LogP contribution is -2.34. The molecule has 0 aliphatic rings. The van der Waals surface area contributed by atoms with Crippen LogP contribution in [0.25, 0.3) is 0 Å². The third kappa shape index (κ3) is 9.79. The number of thioether (sulfide) groups is 1. The van der Waals surface area contributed by atoms with Crippen LogP contribution in [0.15, 0.2) is 48.5 Å². The Kier molecular flexibility index (Phi) is 12.9. The van der Waals surface area contributed by atoms with Crippen LogP contribution >= 0.6 is 24.2 Å². The molecule has 29 heavy (non-hydrogen) atoms. The quantitative estimate of drug-likeness (QED) is 0.429. The molecule has 5 heteroatoms. The van der Waals surface area contributed by atoms with Gasteiger partial charge in [-0.25, -0.2) is 0 Å². The summed E-state index contributed by atoms with van der Waals surface area (Å²) in [5, 5.41) is 4.34. The fraction of sp³-hybridized carbons (Fsp3) is 0.500. The summed E-state index contributed by atoms with van der Waals surface area (Å²) in [6, 6.07) is 17.2. The van der Waals surface area contributed by atoms with E-state index in [4.69, 9.17) is 9.47 Å². The summed E-state index contributed by atoms with van der Waals surface area (Å²) >= 11 is 2.01. The number of halogens is 1. The van der Waals surface area contributed by atoms with Gasteiger partial charge in [0.25, 0.3) is 0 Å². The first-order valence-electron chi connectivity index (χ1n) is 10.3. The van der Waals surface area contributed by atoms with Gasteiger partial charge in [-0.1, -0.05) is 57.2 Å². The van der Waals surface area contributed by atoms with Gasteiger partial charge in [0, 0.05) is 18.2 Å². The predicted octanol–water partition coefficient (Wildman–Crippen LogP) is 5.79. The largest absolute Gasteiger partial charge is 0.493 e. The lowest BCUT2D eigenvalue weighted by atomic mass is 10.1. The van der Waals surface area contributed by atoms with Gasteiger partial charge in [-0.3, -0.25) is 0 Å². The van der Waals surface area contributed by atoms with Gasteiger partial charge >= 0.3 is 0 Å². The Labute approximate surface area is 187 Å². The fourth-order valence-electron chi connectivity index (χ4n) is 3.02. The second-order valence-corrected chi connectivity index (χ2v) is 8.92. The molecular formula is C24H36ClNO2S. The van der Waals surface area contributed by atoms with Gasteiger partial charge < -0.3 is 14.8 Å². The Morgan fingerprint density at radius 3 is 2.41 bits per heavy atom. The Morgan fingerprint density at radius 1 is 1.00 bits per heavy atom. The molecule has 0 aliphatic heterocycles. The van der Waals surface area contributed by atoms with Crippen molar-refractivity contribution in [2.24, 2.45) is 0 Å². The zero-order valence-corrected chi connectivity index (χ0v) is 19.8. The zero-order chi connectivity index (χ0) is 20.2. The molecule has 1 unspecified atom stereocenters. The molecule has 0 saturated heterocycles. The maximum atomic E-state index is 6.08. The van der Waals surface area contributed by atoms with E-state index >= 15 is 0 Å². The van der Waals surface area contributed by atoms with Crippen LogP contribution in [0.5, 0.6) is 11.5 Å². The average Bonchev–Trinajstić information content (AvgIpc) is 2.71. The fourth-order valence-corrected chi connectivity index (χ4v) is 3.87. The van der Waals surface area contributed by atoms with E-state index in [0.717, 1.165) is 43.1 Å². The average molecular weight is 438 g/mol. The first-order valence-corrected chi connectivity index (χ1v) is 11.4. The van der Waals surface area contributed by atoms with Crippen molar-refractivity contribution in [1.82, 2.24) is 5.32 Å². The van der Waals surface area contributed by atoms with Crippen molar-refractivity contribution in [2.45, 2.75) is 51.3 Å². The molecule has 2 aromatic rings. The molecule has 0 spiro atoms. The van der Waals surface area contributed by atoms with E-state index in [9.17, 15) is 0 Å². The summed E-state index contributed by atoms with van der Waals surface area (Å²) in [7, 11) is 1.70. The third-order valence-electron chi connectivity index (χ3n) is 4.52. The highest BCUT2D eigenvalue weighted by Gasteiger charge is 2.13. The van der Waals surface area contributed by atoms with Crippen LogP contribution in [0.2, 0.25) is 0 Å². The van der Waals surface area contributed by atoms with E-state index in [-0.39, 0.29) is 12.4 Å². The van der Waals surface area contributed by atoms with Crippen molar-refractivity contribution in [2.75, 3.05) is 26.0 Å². The Bertz CT molecular complexity index is 682. The lowest BCUT2D eigenvalue weighted by molar-refractivity contribution is 0.297. The van der Waals surface area contributed by atoms with E-state index in [1.165, 1.54) is 11.1 Å². The van der Waals surface area contributed by atoms with Crippen LogP contribution in [-0.2, 0) is 12.8 Å². The zero-order valence-electron chi connectivity index (χ0n) is 18.1. The molecule has 0 heterocycles. The van der Waals surface area contributed by atoms with E-state index < -0.39 is 0 Å². The van der Waals surface area contributed by atoms with Crippen LogP contribution in [0.4, 0.5) is 0 Å². The molecule has 0 radical (unpaired) electrons. The van der Waals surface area contributed by atoms with Crippen molar-refractivity contribution in [1.29, 1.82) is 0 Å². The summed E-state index contributed by atoms with van der Waals surface area (Å²) in [5.41, 5.74) is 2.57. The van der Waals surface area contributed by atoms with E-state index in [1.807, 2.05) is 23.9 Å². The lowest BCUT2D eigenvalue weighted by Gasteiger charge is -2.20. The van der Waals surface area contributed by atoms with Gasteiger partial charge in [-0.15, -0.1) is 12.4 Å². The first kappa shape index (κ1) is 25.7. The monoisotopic (exact) mass is 437 g/mol. The molecular weight excluding hydrogens is 402 g/mol. The number of methoxy groups -OCH3 is 1. The molecule has 0 aliphatic carbocycles. The maximum Gasteiger partial charge on any atom is 0.161 e. The minimum atomic E-state index is 0. The smallest absolute Gasteiger partial charge is 0.161 e. The van der Waals surface area contributed by atoms with Gasteiger partial charge in [0.15, 0.2) is 11.5 Å². The molecule has 0 aromatic heterocycles. The summed E-state index contributed by atoms with van der Waals surface area (Å²) < 4.78 is 11.6. The number of ether oxygens (including phenoxy) is 2. The predicted molar refractivity (Wildman–Crippen MR) is 129 cm³/mol. The van der Waals surface area contributed by atoms with Gasteiger partial charge in [-0.05, 0) is 47.9 Å². The number of rotatable bonds is 13. The van der Waals surface area contributed by atoms with Gasteiger partial charge in [-0.2, -0.15) is 11.8 Å². The Morgan fingerprint density at radius 2 is 1.76 bits per heavy atom. The van der Waals surface area contributed by atoms with Crippen molar-refractivity contribution in [3.05, 3.63) is 59.7 Å². The van der Waals surface area contributed by atoms with Crippen LogP contribution in [0.1, 0.15) is 38.3 Å². The summed E-state index contributed by atoms with van der Waals surface area (Å²) in [6.07, 6.45) is 3.04. The van der Waals surface area contributed by atoms with Crippen molar-refractivity contribution in [3.8, 4) is 11.5 Å². The van der Waals surface area contributed by atoms with E-state index in [1.54, 1.807) is 7.11 Å². The van der Waals surface area contributed by atoms with Gasteiger partial charge in [0.2, 0.25) is 0 Å². The van der Waals surface area contributed by atoms with Crippen molar-refractivity contribution in [3.63, 3.8) is 0 Å². The highest BCUT2D eigenvalue weighted by Crippen LogP contribution is 2.29. The highest BCUT2D eigenvalue weighted by molar-refractivity contribution is 7.99. The molecule has 0 saturated carbocycles. The summed E-state index contributed by atoms with van der Waals surface area (Å²) in [6.45, 7) is 8.43. The third-order valence-corrected chi connectivity index (χ3v) is 5.78. The van der Waals surface area contributed by atoms with Gasteiger partial charge in [0.05, 0.1) is 13.7 Å². The molecule has 2 aromatic carbocycles. The van der Waals surface area contributed by atoms with Crippen molar-refractivity contribution >= 4 is 24.2 Å².